The molecule has 1 aliphatic heterocycles. The molecule has 1 saturated heterocycles. The van der Waals surface area contributed by atoms with Gasteiger partial charge in [0.05, 0.1) is 37.2 Å². The van der Waals surface area contributed by atoms with E-state index in [0.29, 0.717) is 18.8 Å². The zero-order chi connectivity index (χ0) is 14.4. The largest absolute Gasteiger partial charge is 0.383 e. The molecule has 7 nitrogen and oxygen atoms in total. The van der Waals surface area contributed by atoms with Gasteiger partial charge < -0.3 is 20.1 Å². The number of aromatic nitrogens is 2. The Bertz CT molecular complexity index is 429. The number of ether oxygens (including phenoxy) is 2. The van der Waals surface area contributed by atoms with Gasteiger partial charge in [-0.05, 0) is 19.8 Å². The van der Waals surface area contributed by atoms with Crippen LogP contribution in [0.1, 0.15) is 19.8 Å². The second-order valence-electron chi connectivity index (χ2n) is 4.92. The highest BCUT2D eigenvalue weighted by Crippen LogP contribution is 2.15. The molecule has 0 bridgehead atoms. The summed E-state index contributed by atoms with van der Waals surface area (Å²) in [7, 11) is 1.64. The van der Waals surface area contributed by atoms with Crippen molar-refractivity contribution in [2.45, 2.75) is 38.5 Å². The van der Waals surface area contributed by atoms with E-state index in [1.165, 1.54) is 0 Å². The molecule has 1 aromatic rings. The van der Waals surface area contributed by atoms with E-state index >= 15 is 0 Å². The zero-order valence-electron chi connectivity index (χ0n) is 12.0. The quantitative estimate of drug-likeness (QED) is 0.822. The number of urea groups is 1. The molecular weight excluding hydrogens is 260 g/mol. The predicted octanol–water partition coefficient (Wildman–Crippen LogP) is 1.22. The number of nitrogens with zero attached hydrogens (tertiary/aromatic N) is 2. The van der Waals surface area contributed by atoms with Gasteiger partial charge in [-0.1, -0.05) is 0 Å². The maximum absolute atomic E-state index is 11.9. The van der Waals surface area contributed by atoms with Gasteiger partial charge in [-0.25, -0.2) is 4.79 Å². The SMILES string of the molecule is COCCn1cc(NC(=O)N[C@@H](C)[C@@H]2CCCO2)cn1. The minimum Gasteiger partial charge on any atom is -0.383 e. The summed E-state index contributed by atoms with van der Waals surface area (Å²) >= 11 is 0. The molecule has 1 aromatic heterocycles. The van der Waals surface area contributed by atoms with Gasteiger partial charge >= 0.3 is 6.03 Å². The fourth-order valence-electron chi connectivity index (χ4n) is 2.20. The Hall–Kier alpha value is -1.60. The third-order valence-electron chi connectivity index (χ3n) is 3.30. The summed E-state index contributed by atoms with van der Waals surface area (Å²) < 4.78 is 12.2. The van der Waals surface area contributed by atoms with Crippen LogP contribution >= 0.6 is 0 Å². The van der Waals surface area contributed by atoms with E-state index in [1.54, 1.807) is 24.2 Å². The van der Waals surface area contributed by atoms with Crippen molar-refractivity contribution in [3.8, 4) is 0 Å². The maximum atomic E-state index is 11.9. The Balaban J connectivity index is 1.77. The van der Waals surface area contributed by atoms with E-state index < -0.39 is 0 Å². The predicted molar refractivity (Wildman–Crippen MR) is 74.7 cm³/mol. The number of carbonyl (C=O) groups excluding carboxylic acids is 1. The number of nitrogens with one attached hydrogen (secondary N) is 2. The van der Waals surface area contributed by atoms with Gasteiger partial charge in [0, 0.05) is 19.9 Å². The molecule has 2 atom stereocenters. The highest BCUT2D eigenvalue weighted by Gasteiger charge is 2.23. The van der Waals surface area contributed by atoms with Crippen molar-refractivity contribution in [3.63, 3.8) is 0 Å². The third kappa shape index (κ3) is 4.21. The smallest absolute Gasteiger partial charge is 0.319 e. The third-order valence-corrected chi connectivity index (χ3v) is 3.30. The van der Waals surface area contributed by atoms with Crippen LogP contribution in [0.2, 0.25) is 0 Å². The van der Waals surface area contributed by atoms with Crippen molar-refractivity contribution in [2.75, 3.05) is 25.6 Å². The van der Waals surface area contributed by atoms with Crippen molar-refractivity contribution < 1.29 is 14.3 Å². The molecule has 2 heterocycles. The van der Waals surface area contributed by atoms with Gasteiger partial charge in [-0.2, -0.15) is 5.10 Å². The molecule has 2 amide bonds. The number of amides is 2. The van der Waals surface area contributed by atoms with Gasteiger partial charge in [0.15, 0.2) is 0 Å². The Kier molecular flexibility index (Phi) is 5.37. The van der Waals surface area contributed by atoms with Crippen LogP contribution < -0.4 is 10.6 Å². The van der Waals surface area contributed by atoms with Crippen molar-refractivity contribution in [3.05, 3.63) is 12.4 Å². The summed E-state index contributed by atoms with van der Waals surface area (Å²) in [5.74, 6) is 0. The lowest BCUT2D eigenvalue weighted by atomic mass is 10.1. The first-order chi connectivity index (χ1) is 9.69. The van der Waals surface area contributed by atoms with Crippen molar-refractivity contribution in [1.29, 1.82) is 0 Å². The second kappa shape index (κ2) is 7.25. The molecule has 1 aliphatic rings. The summed E-state index contributed by atoms with van der Waals surface area (Å²) in [5.41, 5.74) is 0.665. The van der Waals surface area contributed by atoms with Crippen LogP contribution in [0, 0.1) is 0 Å². The lowest BCUT2D eigenvalue weighted by Gasteiger charge is -2.19. The van der Waals surface area contributed by atoms with E-state index in [0.717, 1.165) is 19.4 Å². The van der Waals surface area contributed by atoms with Crippen LogP contribution in [-0.2, 0) is 16.0 Å². The van der Waals surface area contributed by atoms with E-state index in [1.807, 2.05) is 6.92 Å². The first kappa shape index (κ1) is 14.8. The number of rotatable bonds is 6. The standard InChI is InChI=1S/C13H22N4O3/c1-10(12-4-3-6-20-12)15-13(18)16-11-8-14-17(9-11)5-7-19-2/h8-10,12H,3-7H2,1-2H3,(H2,15,16,18)/t10-,12-/m0/s1. The summed E-state index contributed by atoms with van der Waals surface area (Å²) in [5, 5.41) is 9.78. The van der Waals surface area contributed by atoms with Crippen LogP contribution in [0.25, 0.3) is 0 Å². The fourth-order valence-corrected chi connectivity index (χ4v) is 2.20. The molecule has 0 unspecified atom stereocenters. The van der Waals surface area contributed by atoms with E-state index in [-0.39, 0.29) is 18.2 Å². The highest BCUT2D eigenvalue weighted by molar-refractivity contribution is 5.89. The topological polar surface area (TPSA) is 77.4 Å². The minimum atomic E-state index is -0.237. The average Bonchev–Trinajstić information content (AvgIpc) is 3.07. The normalized spacial score (nSPS) is 19.8. The molecular formula is C13H22N4O3. The highest BCUT2D eigenvalue weighted by atomic mass is 16.5. The molecule has 2 N–H and O–H groups in total. The van der Waals surface area contributed by atoms with Crippen LogP contribution in [0.3, 0.4) is 0 Å². The second-order valence-corrected chi connectivity index (χ2v) is 4.92. The number of carbonyl (C=O) groups is 1. The van der Waals surface area contributed by atoms with Crippen LogP contribution in [0.5, 0.6) is 0 Å². The Morgan fingerprint density at radius 3 is 3.25 bits per heavy atom. The van der Waals surface area contributed by atoms with Crippen LogP contribution in [0.4, 0.5) is 10.5 Å². The molecule has 0 aromatic carbocycles. The Labute approximate surface area is 118 Å². The lowest BCUT2D eigenvalue weighted by Crippen LogP contribution is -2.42. The van der Waals surface area contributed by atoms with Crippen molar-refractivity contribution >= 4 is 11.7 Å². The van der Waals surface area contributed by atoms with Gasteiger partial charge in [0.25, 0.3) is 0 Å². The zero-order valence-corrected chi connectivity index (χ0v) is 12.0. The summed E-state index contributed by atoms with van der Waals surface area (Å²) in [6, 6.07) is -0.236. The van der Waals surface area contributed by atoms with Gasteiger partial charge in [-0.3, -0.25) is 4.68 Å². The summed E-state index contributed by atoms with van der Waals surface area (Å²) in [6.45, 7) is 3.98. The van der Waals surface area contributed by atoms with E-state index in [4.69, 9.17) is 9.47 Å². The average molecular weight is 282 g/mol. The molecule has 0 saturated carbocycles. The number of hydrogen-bond acceptors (Lipinski definition) is 4. The summed E-state index contributed by atoms with van der Waals surface area (Å²) in [6.07, 6.45) is 5.56. The van der Waals surface area contributed by atoms with Gasteiger partial charge in [-0.15, -0.1) is 0 Å². The number of anilines is 1. The number of methoxy groups -OCH3 is 1. The van der Waals surface area contributed by atoms with Gasteiger partial charge in [0.2, 0.25) is 0 Å². The maximum Gasteiger partial charge on any atom is 0.319 e. The first-order valence-corrected chi connectivity index (χ1v) is 6.89. The Morgan fingerprint density at radius 2 is 2.55 bits per heavy atom. The lowest BCUT2D eigenvalue weighted by molar-refractivity contribution is 0.0868. The fraction of sp³-hybridized carbons (Fsp3) is 0.692. The Morgan fingerprint density at radius 1 is 1.70 bits per heavy atom. The van der Waals surface area contributed by atoms with Crippen molar-refractivity contribution in [2.24, 2.45) is 0 Å². The van der Waals surface area contributed by atoms with Crippen LogP contribution in [-0.4, -0.2) is 48.3 Å². The molecule has 1 fully saturated rings. The minimum absolute atomic E-state index is 0.000960. The molecule has 112 valence electrons. The molecule has 20 heavy (non-hydrogen) atoms. The molecule has 0 spiro atoms. The van der Waals surface area contributed by atoms with E-state index in [9.17, 15) is 4.79 Å². The first-order valence-electron chi connectivity index (χ1n) is 6.89. The van der Waals surface area contributed by atoms with Crippen LogP contribution in [0.15, 0.2) is 12.4 Å². The monoisotopic (exact) mass is 282 g/mol. The summed E-state index contributed by atoms with van der Waals surface area (Å²) in [4.78, 5) is 11.9. The van der Waals surface area contributed by atoms with E-state index in [2.05, 4.69) is 15.7 Å². The molecule has 0 aliphatic carbocycles. The molecule has 7 heteroatoms. The molecule has 2 rings (SSSR count). The molecule has 0 radical (unpaired) electrons. The number of hydrogen-bond donors (Lipinski definition) is 2. The van der Waals surface area contributed by atoms with Gasteiger partial charge in [0.1, 0.15) is 0 Å². The van der Waals surface area contributed by atoms with Crippen molar-refractivity contribution in [1.82, 2.24) is 15.1 Å².